The lowest BCUT2D eigenvalue weighted by atomic mass is 10.1. The molecule has 1 heterocycles. The number of carbonyl (C=O) groups excluding carboxylic acids is 1. The first-order valence-corrected chi connectivity index (χ1v) is 8.90. The van der Waals surface area contributed by atoms with Gasteiger partial charge in [0.2, 0.25) is 5.91 Å². The smallest absolute Gasteiger partial charge is 0.227 e. The van der Waals surface area contributed by atoms with Crippen molar-refractivity contribution in [2.75, 3.05) is 19.6 Å². The molecule has 0 bridgehead atoms. The highest BCUT2D eigenvalue weighted by atomic mass is 16.5. The number of ether oxygens (including phenoxy) is 1. The highest BCUT2D eigenvalue weighted by Crippen LogP contribution is 2.19. The average molecular weight is 338 g/mol. The molecule has 0 radical (unpaired) electrons. The summed E-state index contributed by atoms with van der Waals surface area (Å²) >= 11 is 0. The molecule has 4 nitrogen and oxygen atoms in total. The van der Waals surface area contributed by atoms with Crippen LogP contribution in [0.3, 0.4) is 0 Å². The Balaban J connectivity index is 1.58. The maximum atomic E-state index is 12.5. The van der Waals surface area contributed by atoms with Gasteiger partial charge in [-0.25, -0.2) is 0 Å². The number of nitrogens with two attached hydrogens (primary N) is 1. The first-order chi connectivity index (χ1) is 12.2. The molecule has 4 heteroatoms. The molecule has 2 N–H and O–H groups in total. The monoisotopic (exact) mass is 338 g/mol. The van der Waals surface area contributed by atoms with Gasteiger partial charge in [0, 0.05) is 13.1 Å². The molecule has 1 saturated heterocycles. The summed E-state index contributed by atoms with van der Waals surface area (Å²) in [7, 11) is 0. The summed E-state index contributed by atoms with van der Waals surface area (Å²) in [6.07, 6.45) is 1.43. The molecule has 2 aromatic carbocycles. The number of nitrogens with zero attached hydrogens (tertiary/aromatic N) is 1. The van der Waals surface area contributed by atoms with Crippen molar-refractivity contribution < 1.29 is 9.53 Å². The van der Waals surface area contributed by atoms with Crippen molar-refractivity contribution in [2.24, 2.45) is 11.7 Å². The number of carbonyl (C=O) groups is 1. The molecule has 2 aromatic rings. The number of likely N-dealkylation sites (tertiary alicyclic amines) is 1. The minimum Gasteiger partial charge on any atom is -0.489 e. The minimum absolute atomic E-state index is 0.173. The Bertz CT molecular complexity index is 729. The first-order valence-electron chi connectivity index (χ1n) is 8.90. The molecule has 0 saturated carbocycles. The first kappa shape index (κ1) is 17.5. The number of benzene rings is 2. The van der Waals surface area contributed by atoms with Crippen LogP contribution < -0.4 is 10.5 Å². The van der Waals surface area contributed by atoms with Crippen molar-refractivity contribution in [3.05, 3.63) is 65.2 Å². The molecular formula is C21H26N2O2. The fourth-order valence-corrected chi connectivity index (χ4v) is 3.22. The molecule has 0 aliphatic carbocycles. The Morgan fingerprint density at radius 1 is 1.24 bits per heavy atom. The quantitative estimate of drug-likeness (QED) is 0.881. The van der Waals surface area contributed by atoms with E-state index in [1.54, 1.807) is 0 Å². The predicted octanol–water partition coefficient (Wildman–Crippen LogP) is 2.92. The van der Waals surface area contributed by atoms with Crippen LogP contribution in [0.2, 0.25) is 0 Å². The van der Waals surface area contributed by atoms with E-state index in [9.17, 15) is 4.79 Å². The Hall–Kier alpha value is -2.33. The van der Waals surface area contributed by atoms with Crippen LogP contribution in [0.15, 0.2) is 48.5 Å². The van der Waals surface area contributed by atoms with E-state index in [-0.39, 0.29) is 5.91 Å². The van der Waals surface area contributed by atoms with E-state index in [2.05, 4.69) is 19.1 Å². The molecule has 1 amide bonds. The summed E-state index contributed by atoms with van der Waals surface area (Å²) < 4.78 is 5.91. The third-order valence-corrected chi connectivity index (χ3v) is 4.88. The van der Waals surface area contributed by atoms with E-state index >= 15 is 0 Å². The van der Waals surface area contributed by atoms with Gasteiger partial charge in [-0.2, -0.15) is 0 Å². The molecule has 25 heavy (non-hydrogen) atoms. The fraction of sp³-hybridized carbons (Fsp3) is 0.381. The van der Waals surface area contributed by atoms with E-state index in [0.29, 0.717) is 25.5 Å². The lowest BCUT2D eigenvalue weighted by molar-refractivity contribution is -0.129. The zero-order chi connectivity index (χ0) is 17.6. The van der Waals surface area contributed by atoms with Crippen LogP contribution in [0.5, 0.6) is 5.75 Å². The van der Waals surface area contributed by atoms with Crippen LogP contribution in [0.4, 0.5) is 0 Å². The van der Waals surface area contributed by atoms with Crippen molar-refractivity contribution in [1.82, 2.24) is 4.90 Å². The van der Waals surface area contributed by atoms with Gasteiger partial charge in [-0.1, -0.05) is 36.4 Å². The summed E-state index contributed by atoms with van der Waals surface area (Å²) in [4.78, 5) is 14.4. The van der Waals surface area contributed by atoms with Crippen molar-refractivity contribution >= 4 is 5.91 Å². The van der Waals surface area contributed by atoms with Gasteiger partial charge in [0.05, 0.1) is 6.42 Å². The Labute approximate surface area is 149 Å². The van der Waals surface area contributed by atoms with E-state index < -0.39 is 0 Å². The highest BCUT2D eigenvalue weighted by molar-refractivity contribution is 5.79. The van der Waals surface area contributed by atoms with Gasteiger partial charge in [-0.15, -0.1) is 0 Å². The largest absolute Gasteiger partial charge is 0.489 e. The van der Waals surface area contributed by atoms with Gasteiger partial charge in [-0.3, -0.25) is 4.79 Å². The van der Waals surface area contributed by atoms with Crippen LogP contribution in [0, 0.1) is 12.8 Å². The average Bonchev–Trinajstić information content (AvgIpc) is 3.11. The molecular weight excluding hydrogens is 312 g/mol. The van der Waals surface area contributed by atoms with E-state index in [0.717, 1.165) is 30.8 Å². The third-order valence-electron chi connectivity index (χ3n) is 4.88. The van der Waals surface area contributed by atoms with Crippen molar-refractivity contribution in [3.63, 3.8) is 0 Å². The van der Waals surface area contributed by atoms with Crippen LogP contribution in [-0.4, -0.2) is 30.4 Å². The Morgan fingerprint density at radius 2 is 2.08 bits per heavy atom. The maximum Gasteiger partial charge on any atom is 0.227 e. The lowest BCUT2D eigenvalue weighted by Crippen LogP contribution is -2.31. The maximum absolute atomic E-state index is 12.5. The predicted molar refractivity (Wildman–Crippen MR) is 99.4 cm³/mol. The fourth-order valence-electron chi connectivity index (χ4n) is 3.22. The van der Waals surface area contributed by atoms with E-state index in [1.807, 2.05) is 41.3 Å². The standard InChI is InChI=1S/C21H26N2O2/c1-16-5-2-3-7-19(16)15-25-20-8-4-6-17(11-20)12-21(24)23-10-9-18(13-22)14-23/h2-8,11,18H,9-10,12-15,22H2,1H3/t18-/m1/s1. The van der Waals surface area contributed by atoms with Crippen LogP contribution >= 0.6 is 0 Å². The minimum atomic E-state index is 0.173. The van der Waals surface area contributed by atoms with Crippen molar-refractivity contribution in [2.45, 2.75) is 26.4 Å². The zero-order valence-corrected chi connectivity index (χ0v) is 14.8. The number of amides is 1. The molecule has 3 rings (SSSR count). The molecule has 0 unspecified atom stereocenters. The zero-order valence-electron chi connectivity index (χ0n) is 14.8. The normalized spacial score (nSPS) is 16.9. The number of hydrogen-bond acceptors (Lipinski definition) is 3. The Morgan fingerprint density at radius 3 is 2.84 bits per heavy atom. The molecule has 1 aliphatic rings. The molecule has 1 aliphatic heterocycles. The summed E-state index contributed by atoms with van der Waals surface area (Å²) in [5, 5.41) is 0. The third kappa shape index (κ3) is 4.60. The van der Waals surface area contributed by atoms with Crippen molar-refractivity contribution in [1.29, 1.82) is 0 Å². The second-order valence-corrected chi connectivity index (χ2v) is 6.77. The molecule has 1 atom stereocenters. The topological polar surface area (TPSA) is 55.6 Å². The van der Waals surface area contributed by atoms with Gasteiger partial charge in [0.25, 0.3) is 0 Å². The van der Waals surface area contributed by atoms with Crippen molar-refractivity contribution in [3.8, 4) is 5.75 Å². The Kier molecular flexibility index (Phi) is 5.71. The van der Waals surface area contributed by atoms with Gasteiger partial charge in [0.1, 0.15) is 12.4 Å². The second kappa shape index (κ2) is 8.17. The summed E-state index contributed by atoms with van der Waals surface area (Å²) in [5.41, 5.74) is 9.09. The molecule has 0 spiro atoms. The van der Waals surface area contributed by atoms with Gasteiger partial charge >= 0.3 is 0 Å². The molecule has 0 aromatic heterocycles. The highest BCUT2D eigenvalue weighted by Gasteiger charge is 2.25. The van der Waals surface area contributed by atoms with E-state index in [4.69, 9.17) is 10.5 Å². The SMILES string of the molecule is Cc1ccccc1COc1cccc(CC(=O)N2CC[C@H](CN)C2)c1. The van der Waals surface area contributed by atoms with Gasteiger partial charge < -0.3 is 15.4 Å². The summed E-state index contributed by atoms with van der Waals surface area (Å²) in [6.45, 7) is 4.89. The molecule has 1 fully saturated rings. The lowest BCUT2D eigenvalue weighted by Gasteiger charge is -2.16. The van der Waals surface area contributed by atoms with Crippen LogP contribution in [0.25, 0.3) is 0 Å². The summed E-state index contributed by atoms with van der Waals surface area (Å²) in [5.74, 6) is 1.43. The van der Waals surface area contributed by atoms with Crippen LogP contribution in [0.1, 0.15) is 23.1 Å². The van der Waals surface area contributed by atoms with E-state index in [1.165, 1.54) is 11.1 Å². The van der Waals surface area contributed by atoms with Gasteiger partial charge in [0.15, 0.2) is 0 Å². The van der Waals surface area contributed by atoms with Gasteiger partial charge in [-0.05, 0) is 54.6 Å². The summed E-state index contributed by atoms with van der Waals surface area (Å²) in [6, 6.07) is 16.0. The number of aryl methyl sites for hydroxylation is 1. The second-order valence-electron chi connectivity index (χ2n) is 6.77. The number of rotatable bonds is 6. The molecule has 132 valence electrons. The van der Waals surface area contributed by atoms with Crippen LogP contribution in [-0.2, 0) is 17.8 Å². The number of hydrogen-bond donors (Lipinski definition) is 1.